The van der Waals surface area contributed by atoms with Crippen LogP contribution < -0.4 is 14.2 Å². The van der Waals surface area contributed by atoms with Crippen molar-refractivity contribution in [1.82, 2.24) is 14.4 Å². The average molecular weight is 474 g/mol. The van der Waals surface area contributed by atoms with Crippen LogP contribution in [0.1, 0.15) is 5.56 Å². The summed E-state index contributed by atoms with van der Waals surface area (Å²) in [5.41, 5.74) is -0.765. The smallest absolute Gasteiger partial charge is 0.279 e. The van der Waals surface area contributed by atoms with E-state index in [4.69, 9.17) is 9.47 Å². The van der Waals surface area contributed by atoms with Crippen molar-refractivity contribution in [3.05, 3.63) is 42.0 Å². The van der Waals surface area contributed by atoms with Gasteiger partial charge < -0.3 is 19.3 Å². The molecule has 1 fully saturated rings. The summed E-state index contributed by atoms with van der Waals surface area (Å²) < 4.78 is 82.6. The van der Waals surface area contributed by atoms with Gasteiger partial charge in [-0.1, -0.05) is 0 Å². The lowest BCUT2D eigenvalue weighted by Crippen LogP contribution is -2.46. The van der Waals surface area contributed by atoms with Crippen molar-refractivity contribution in [3.63, 3.8) is 0 Å². The number of aromatic nitrogens is 3. The lowest BCUT2D eigenvalue weighted by atomic mass is 9.93. The Morgan fingerprint density at radius 3 is 2.72 bits per heavy atom. The zero-order valence-corrected chi connectivity index (χ0v) is 17.3. The van der Waals surface area contributed by atoms with Crippen LogP contribution >= 0.6 is 0 Å². The number of imidazole rings is 1. The van der Waals surface area contributed by atoms with Crippen molar-refractivity contribution < 1.29 is 40.9 Å². The summed E-state index contributed by atoms with van der Waals surface area (Å²) in [5.74, 6) is -2.31. The van der Waals surface area contributed by atoms with Crippen molar-refractivity contribution in [3.8, 4) is 11.8 Å². The summed E-state index contributed by atoms with van der Waals surface area (Å²) in [5, 5.41) is 10.1. The van der Waals surface area contributed by atoms with Gasteiger partial charge >= 0.3 is 0 Å². The Balaban J connectivity index is 1.64. The number of hydrogen-bond donors (Lipinski definition) is 2. The van der Waals surface area contributed by atoms with Gasteiger partial charge in [0.25, 0.3) is 22.3 Å². The number of ether oxygens (including phenoxy) is 3. The van der Waals surface area contributed by atoms with E-state index in [1.165, 1.54) is 22.7 Å². The Kier molecular flexibility index (Phi) is 5.60. The highest BCUT2D eigenvalue weighted by molar-refractivity contribution is 7.92. The van der Waals surface area contributed by atoms with E-state index in [2.05, 4.69) is 19.4 Å². The van der Waals surface area contributed by atoms with Crippen LogP contribution in [0, 0.1) is 5.82 Å². The molecular formula is C18H17F3N4O6S. The van der Waals surface area contributed by atoms with Crippen LogP contribution in [-0.4, -0.2) is 61.2 Å². The topological polar surface area (TPSA) is 124 Å². The summed E-state index contributed by atoms with van der Waals surface area (Å²) in [6.45, 7) is -0.860. The van der Waals surface area contributed by atoms with E-state index in [1.54, 1.807) is 0 Å². The number of alkyl halides is 2. The third kappa shape index (κ3) is 4.03. The fourth-order valence-electron chi connectivity index (χ4n) is 3.03. The Labute approximate surface area is 179 Å². The molecule has 10 nitrogen and oxygen atoms in total. The molecule has 3 aromatic heterocycles. The number of hydrogen-bond acceptors (Lipinski definition) is 8. The highest BCUT2D eigenvalue weighted by Gasteiger charge is 2.38. The molecule has 0 aromatic carbocycles. The van der Waals surface area contributed by atoms with Crippen LogP contribution in [0.15, 0.2) is 35.6 Å². The van der Waals surface area contributed by atoms with Gasteiger partial charge in [0.1, 0.15) is 16.9 Å². The van der Waals surface area contributed by atoms with Crippen LogP contribution in [0.2, 0.25) is 0 Å². The van der Waals surface area contributed by atoms with Gasteiger partial charge in [0.15, 0.2) is 17.5 Å². The van der Waals surface area contributed by atoms with E-state index in [-0.39, 0.29) is 35.5 Å². The number of rotatable bonds is 8. The molecule has 32 heavy (non-hydrogen) atoms. The number of nitrogens with zero attached hydrogens (tertiary/aromatic N) is 3. The number of fused-ring (bicyclic) bond motifs is 1. The Hall–Kier alpha value is -3.10. The molecule has 4 rings (SSSR count). The standard InChI is InChI=1S/C18H17F3N4O6S/c1-29-17-12(5-11(19)16(23-17)31-7-13(20)21)24-32(27,28)15-6-22-14-4-10(2-3-25(14)15)18(26)8-30-9-18/h2-6,13,24,26H,7-9H2,1H3. The van der Waals surface area contributed by atoms with Crippen LogP contribution in [0.4, 0.5) is 18.9 Å². The second-order valence-electron chi connectivity index (χ2n) is 6.90. The van der Waals surface area contributed by atoms with Crippen LogP contribution in [-0.2, 0) is 20.4 Å². The zero-order valence-electron chi connectivity index (χ0n) is 16.5. The van der Waals surface area contributed by atoms with Crippen molar-refractivity contribution in [1.29, 1.82) is 0 Å². The Bertz CT molecular complexity index is 1260. The molecule has 0 aliphatic carbocycles. The molecule has 0 unspecified atom stereocenters. The van der Waals surface area contributed by atoms with Gasteiger partial charge in [-0.25, -0.2) is 18.2 Å². The van der Waals surface area contributed by atoms with Crippen LogP contribution in [0.3, 0.4) is 0 Å². The first kappa shape index (κ1) is 22.1. The molecule has 1 aliphatic rings. The first-order chi connectivity index (χ1) is 15.1. The number of pyridine rings is 2. The van der Waals surface area contributed by atoms with E-state index in [0.717, 1.165) is 13.3 Å². The maximum Gasteiger partial charge on any atom is 0.279 e. The molecule has 0 radical (unpaired) electrons. The van der Waals surface area contributed by atoms with Crippen molar-refractivity contribution in [2.24, 2.45) is 0 Å². The minimum absolute atomic E-state index is 0.117. The van der Waals surface area contributed by atoms with Crippen LogP contribution in [0.5, 0.6) is 11.8 Å². The molecule has 3 aromatic rings. The summed E-state index contributed by atoms with van der Waals surface area (Å²) >= 11 is 0. The Morgan fingerprint density at radius 1 is 1.34 bits per heavy atom. The summed E-state index contributed by atoms with van der Waals surface area (Å²) in [4.78, 5) is 7.66. The highest BCUT2D eigenvalue weighted by Crippen LogP contribution is 2.32. The van der Waals surface area contributed by atoms with E-state index in [9.17, 15) is 26.7 Å². The van der Waals surface area contributed by atoms with Crippen molar-refractivity contribution >= 4 is 21.4 Å². The fraction of sp³-hybridized carbons (Fsp3) is 0.333. The third-order valence-corrected chi connectivity index (χ3v) is 6.01. The molecule has 1 aliphatic heterocycles. The molecule has 0 atom stereocenters. The number of sulfonamides is 1. The molecule has 0 saturated carbocycles. The van der Waals surface area contributed by atoms with Gasteiger partial charge in [-0.15, -0.1) is 0 Å². The van der Waals surface area contributed by atoms with E-state index in [0.29, 0.717) is 11.6 Å². The number of aliphatic hydroxyl groups is 1. The number of anilines is 1. The minimum atomic E-state index is -4.31. The molecule has 2 N–H and O–H groups in total. The Morgan fingerprint density at radius 2 is 2.09 bits per heavy atom. The van der Waals surface area contributed by atoms with Gasteiger partial charge in [0.2, 0.25) is 5.88 Å². The largest absolute Gasteiger partial charge is 0.479 e. The van der Waals surface area contributed by atoms with E-state index >= 15 is 0 Å². The lowest BCUT2D eigenvalue weighted by Gasteiger charge is -2.36. The predicted molar refractivity (Wildman–Crippen MR) is 103 cm³/mol. The monoisotopic (exact) mass is 474 g/mol. The highest BCUT2D eigenvalue weighted by atomic mass is 32.2. The SMILES string of the molecule is COc1nc(OCC(F)F)c(F)cc1NS(=O)(=O)c1cnc2cc(C3(O)COC3)ccn12. The van der Waals surface area contributed by atoms with E-state index in [1.807, 2.05) is 0 Å². The number of halogens is 3. The average Bonchev–Trinajstić information content (AvgIpc) is 3.15. The molecule has 0 bridgehead atoms. The fourth-order valence-corrected chi connectivity index (χ4v) is 4.18. The zero-order chi connectivity index (χ0) is 23.1. The molecule has 0 amide bonds. The number of nitrogens with one attached hydrogen (secondary N) is 1. The maximum absolute atomic E-state index is 14.2. The molecule has 172 valence electrons. The second-order valence-corrected chi connectivity index (χ2v) is 8.53. The maximum atomic E-state index is 14.2. The molecule has 1 saturated heterocycles. The van der Waals surface area contributed by atoms with Gasteiger partial charge in [0, 0.05) is 12.3 Å². The van der Waals surface area contributed by atoms with Gasteiger partial charge in [-0.05, 0) is 17.7 Å². The first-order valence-electron chi connectivity index (χ1n) is 9.09. The molecule has 4 heterocycles. The summed E-state index contributed by atoms with van der Waals surface area (Å²) in [6, 6.07) is 3.77. The summed E-state index contributed by atoms with van der Waals surface area (Å²) in [7, 11) is -3.17. The molecule has 14 heteroatoms. The van der Waals surface area contributed by atoms with E-state index < -0.39 is 40.4 Å². The first-order valence-corrected chi connectivity index (χ1v) is 10.6. The molecular weight excluding hydrogens is 457 g/mol. The second kappa shape index (κ2) is 8.11. The minimum Gasteiger partial charge on any atom is -0.479 e. The van der Waals surface area contributed by atoms with Crippen molar-refractivity contribution in [2.75, 3.05) is 31.7 Å². The number of methoxy groups -OCH3 is 1. The third-order valence-electron chi connectivity index (χ3n) is 4.67. The molecule has 0 spiro atoms. The summed E-state index contributed by atoms with van der Waals surface area (Å²) in [6.07, 6.45) is -0.354. The quantitative estimate of drug-likeness (QED) is 0.504. The van der Waals surface area contributed by atoms with Gasteiger partial charge in [0.05, 0.1) is 26.5 Å². The van der Waals surface area contributed by atoms with Gasteiger partial charge in [-0.2, -0.15) is 13.4 Å². The lowest BCUT2D eigenvalue weighted by molar-refractivity contribution is -0.184. The van der Waals surface area contributed by atoms with Gasteiger partial charge in [-0.3, -0.25) is 9.12 Å². The predicted octanol–water partition coefficient (Wildman–Crippen LogP) is 1.54. The normalized spacial score (nSPS) is 15.6. The van der Waals surface area contributed by atoms with Crippen LogP contribution in [0.25, 0.3) is 5.65 Å². The van der Waals surface area contributed by atoms with Crippen molar-refractivity contribution in [2.45, 2.75) is 17.1 Å².